The number of nitrogens with zero attached hydrogens (tertiary/aromatic N) is 4. The second-order valence-corrected chi connectivity index (χ2v) is 8.03. The number of aromatic nitrogens is 2. The second-order valence-electron chi connectivity index (χ2n) is 8.03. The zero-order chi connectivity index (χ0) is 18.7. The molecular weight excluding hydrogens is 328 g/mol. The lowest BCUT2D eigenvalue weighted by molar-refractivity contribution is 0.0170. The first-order chi connectivity index (χ1) is 12.3. The molecule has 1 saturated heterocycles. The van der Waals surface area contributed by atoms with Crippen LogP contribution >= 0.6 is 0 Å². The van der Waals surface area contributed by atoms with E-state index in [1.54, 1.807) is 0 Å². The van der Waals surface area contributed by atoms with Crippen molar-refractivity contribution in [3.8, 4) is 0 Å². The molecule has 1 aromatic heterocycles. The molecule has 1 atom stereocenters. The molecule has 1 amide bonds. The van der Waals surface area contributed by atoms with Crippen LogP contribution in [0.25, 0.3) is 11.0 Å². The number of fused-ring (bicyclic) bond motifs is 1. The number of likely N-dealkylation sites (tertiary alicyclic amines) is 1. The van der Waals surface area contributed by atoms with E-state index in [-0.39, 0.29) is 6.09 Å². The third-order valence-electron chi connectivity index (χ3n) is 4.53. The highest BCUT2D eigenvalue weighted by molar-refractivity contribution is 5.75. The Balaban J connectivity index is 1.62. The summed E-state index contributed by atoms with van der Waals surface area (Å²) in [6.45, 7) is 8.03. The SMILES string of the molecule is CN(C[C@H]1CCCN(C(=O)OC(C)(C)C)C1)c1cnc2ccccc2n1. The molecular formula is C20H28N4O2. The van der Waals surface area contributed by atoms with Crippen LogP contribution in [0.5, 0.6) is 0 Å². The number of carbonyl (C=O) groups is 1. The minimum Gasteiger partial charge on any atom is -0.444 e. The first kappa shape index (κ1) is 18.4. The number of carbonyl (C=O) groups excluding carboxylic acids is 1. The van der Waals surface area contributed by atoms with Gasteiger partial charge in [0.2, 0.25) is 0 Å². The number of hydrogen-bond acceptors (Lipinski definition) is 5. The first-order valence-corrected chi connectivity index (χ1v) is 9.23. The number of ether oxygens (including phenoxy) is 1. The summed E-state index contributed by atoms with van der Waals surface area (Å²) in [6, 6.07) is 7.88. The summed E-state index contributed by atoms with van der Waals surface area (Å²) in [5.41, 5.74) is 1.34. The zero-order valence-electron chi connectivity index (χ0n) is 16.1. The zero-order valence-corrected chi connectivity index (χ0v) is 16.1. The van der Waals surface area contributed by atoms with Crippen LogP contribution in [0.2, 0.25) is 0 Å². The Bertz CT molecular complexity index is 772. The summed E-state index contributed by atoms with van der Waals surface area (Å²) in [4.78, 5) is 25.5. The molecule has 6 nitrogen and oxygen atoms in total. The lowest BCUT2D eigenvalue weighted by Crippen LogP contribution is -2.45. The fourth-order valence-corrected chi connectivity index (χ4v) is 3.32. The first-order valence-electron chi connectivity index (χ1n) is 9.23. The van der Waals surface area contributed by atoms with Crippen LogP contribution in [-0.2, 0) is 4.74 Å². The van der Waals surface area contributed by atoms with Gasteiger partial charge in [0.1, 0.15) is 11.4 Å². The van der Waals surface area contributed by atoms with Gasteiger partial charge in [-0.3, -0.25) is 4.98 Å². The number of benzene rings is 1. The van der Waals surface area contributed by atoms with Crippen molar-refractivity contribution in [3.05, 3.63) is 30.5 Å². The predicted octanol–water partition coefficient (Wildman–Crippen LogP) is 3.71. The van der Waals surface area contributed by atoms with Gasteiger partial charge in [-0.05, 0) is 51.7 Å². The van der Waals surface area contributed by atoms with Crippen LogP contribution in [0.4, 0.5) is 10.6 Å². The topological polar surface area (TPSA) is 58.6 Å². The Hall–Kier alpha value is -2.37. The van der Waals surface area contributed by atoms with E-state index >= 15 is 0 Å². The number of para-hydroxylation sites is 2. The predicted molar refractivity (Wildman–Crippen MR) is 103 cm³/mol. The Morgan fingerprint density at radius 2 is 2.04 bits per heavy atom. The van der Waals surface area contributed by atoms with E-state index in [4.69, 9.17) is 9.72 Å². The van der Waals surface area contributed by atoms with Crippen molar-refractivity contribution in [1.82, 2.24) is 14.9 Å². The molecule has 6 heteroatoms. The highest BCUT2D eigenvalue weighted by Crippen LogP contribution is 2.22. The summed E-state index contributed by atoms with van der Waals surface area (Å²) >= 11 is 0. The van der Waals surface area contributed by atoms with Crippen molar-refractivity contribution in [1.29, 1.82) is 0 Å². The lowest BCUT2D eigenvalue weighted by atomic mass is 9.98. The average molecular weight is 356 g/mol. The summed E-state index contributed by atoms with van der Waals surface area (Å²) in [7, 11) is 2.03. The molecule has 3 rings (SSSR count). The van der Waals surface area contributed by atoms with E-state index in [9.17, 15) is 4.79 Å². The molecule has 0 spiro atoms. The van der Waals surface area contributed by atoms with Gasteiger partial charge < -0.3 is 14.5 Å². The quantitative estimate of drug-likeness (QED) is 0.839. The molecule has 0 unspecified atom stereocenters. The van der Waals surface area contributed by atoms with Crippen LogP contribution in [0.1, 0.15) is 33.6 Å². The van der Waals surface area contributed by atoms with Gasteiger partial charge in [-0.15, -0.1) is 0 Å². The molecule has 26 heavy (non-hydrogen) atoms. The van der Waals surface area contributed by atoms with E-state index in [0.717, 1.165) is 49.3 Å². The van der Waals surface area contributed by atoms with E-state index in [1.807, 2.05) is 63.2 Å². The number of amides is 1. The minimum atomic E-state index is -0.457. The standard InChI is InChI=1S/C20H28N4O2/c1-20(2,3)26-19(25)24-11-7-8-15(14-24)13-23(4)18-12-21-16-9-5-6-10-17(16)22-18/h5-6,9-10,12,15H,7-8,11,13-14H2,1-4H3/t15-/m1/s1. The third-order valence-corrected chi connectivity index (χ3v) is 4.53. The van der Waals surface area contributed by atoms with Crippen molar-refractivity contribution in [2.45, 2.75) is 39.2 Å². The van der Waals surface area contributed by atoms with Gasteiger partial charge in [0.05, 0.1) is 17.2 Å². The van der Waals surface area contributed by atoms with Crippen molar-refractivity contribution in [2.75, 3.05) is 31.6 Å². The fraction of sp³-hybridized carbons (Fsp3) is 0.550. The molecule has 2 aromatic rings. The summed E-state index contributed by atoms with van der Waals surface area (Å²) < 4.78 is 5.51. The van der Waals surface area contributed by atoms with Gasteiger partial charge in [0.25, 0.3) is 0 Å². The van der Waals surface area contributed by atoms with E-state index in [0.29, 0.717) is 5.92 Å². The smallest absolute Gasteiger partial charge is 0.410 e. The molecule has 0 saturated carbocycles. The normalized spacial score (nSPS) is 18.0. The van der Waals surface area contributed by atoms with Crippen molar-refractivity contribution >= 4 is 22.9 Å². The Labute approximate surface area is 155 Å². The molecule has 0 N–H and O–H groups in total. The molecule has 0 radical (unpaired) electrons. The third kappa shape index (κ3) is 4.62. The molecule has 2 heterocycles. The van der Waals surface area contributed by atoms with Gasteiger partial charge in [0.15, 0.2) is 0 Å². The molecule has 0 aliphatic carbocycles. The van der Waals surface area contributed by atoms with Gasteiger partial charge in [-0.1, -0.05) is 12.1 Å². The maximum absolute atomic E-state index is 12.3. The molecule has 1 aromatic carbocycles. The average Bonchev–Trinajstić information content (AvgIpc) is 2.60. The van der Waals surface area contributed by atoms with E-state index < -0.39 is 5.60 Å². The Morgan fingerprint density at radius 1 is 1.31 bits per heavy atom. The van der Waals surface area contributed by atoms with Crippen LogP contribution in [-0.4, -0.2) is 53.2 Å². The summed E-state index contributed by atoms with van der Waals surface area (Å²) in [6.07, 6.45) is 3.71. The van der Waals surface area contributed by atoms with Crippen molar-refractivity contribution in [3.63, 3.8) is 0 Å². The number of hydrogen-bond donors (Lipinski definition) is 0. The maximum Gasteiger partial charge on any atom is 0.410 e. The van der Waals surface area contributed by atoms with Crippen molar-refractivity contribution in [2.24, 2.45) is 5.92 Å². The monoisotopic (exact) mass is 356 g/mol. The highest BCUT2D eigenvalue weighted by atomic mass is 16.6. The number of piperidine rings is 1. The minimum absolute atomic E-state index is 0.213. The lowest BCUT2D eigenvalue weighted by Gasteiger charge is -2.35. The van der Waals surface area contributed by atoms with Gasteiger partial charge in [-0.2, -0.15) is 0 Å². The van der Waals surface area contributed by atoms with Crippen LogP contribution in [0, 0.1) is 5.92 Å². The molecule has 1 aliphatic heterocycles. The fourth-order valence-electron chi connectivity index (χ4n) is 3.32. The highest BCUT2D eigenvalue weighted by Gasteiger charge is 2.28. The summed E-state index contributed by atoms with van der Waals surface area (Å²) in [5.74, 6) is 1.26. The number of anilines is 1. The maximum atomic E-state index is 12.3. The van der Waals surface area contributed by atoms with Crippen LogP contribution in [0.3, 0.4) is 0 Å². The van der Waals surface area contributed by atoms with Crippen LogP contribution in [0.15, 0.2) is 30.5 Å². The van der Waals surface area contributed by atoms with E-state index in [1.165, 1.54) is 0 Å². The molecule has 0 bridgehead atoms. The molecule has 1 aliphatic rings. The Kier molecular flexibility index (Phi) is 5.30. The van der Waals surface area contributed by atoms with E-state index in [2.05, 4.69) is 9.88 Å². The van der Waals surface area contributed by atoms with Gasteiger partial charge in [0, 0.05) is 26.7 Å². The van der Waals surface area contributed by atoms with Crippen LogP contribution < -0.4 is 4.90 Å². The Morgan fingerprint density at radius 3 is 2.77 bits per heavy atom. The number of rotatable bonds is 3. The van der Waals surface area contributed by atoms with Crippen molar-refractivity contribution < 1.29 is 9.53 Å². The molecule has 1 fully saturated rings. The summed E-state index contributed by atoms with van der Waals surface area (Å²) in [5, 5.41) is 0. The molecule has 140 valence electrons. The van der Waals surface area contributed by atoms with Gasteiger partial charge >= 0.3 is 6.09 Å². The second kappa shape index (κ2) is 7.48. The largest absolute Gasteiger partial charge is 0.444 e. The van der Waals surface area contributed by atoms with Gasteiger partial charge in [-0.25, -0.2) is 9.78 Å².